The van der Waals surface area contributed by atoms with Crippen molar-refractivity contribution in [2.75, 3.05) is 20.3 Å². The van der Waals surface area contributed by atoms with Crippen LogP contribution in [-0.4, -0.2) is 26.2 Å². The highest BCUT2D eigenvalue weighted by atomic mass is 16.5. The molecule has 0 aliphatic carbocycles. The number of para-hydroxylation sites is 1. The van der Waals surface area contributed by atoms with E-state index < -0.39 is 5.91 Å². The molecule has 0 radical (unpaired) electrons. The Morgan fingerprint density at radius 2 is 2.07 bits per heavy atom. The third kappa shape index (κ3) is 2.74. The van der Waals surface area contributed by atoms with E-state index in [1.807, 2.05) is 0 Å². The van der Waals surface area contributed by atoms with Gasteiger partial charge in [0.1, 0.15) is 12.4 Å². The van der Waals surface area contributed by atoms with Gasteiger partial charge in [-0.3, -0.25) is 4.79 Å². The fourth-order valence-electron chi connectivity index (χ4n) is 1.03. The van der Waals surface area contributed by atoms with E-state index in [1.165, 1.54) is 0 Å². The molecule has 0 atom stereocenters. The molecule has 0 heterocycles. The second-order valence-electron chi connectivity index (χ2n) is 2.70. The number of benzene rings is 1. The molecule has 0 saturated carbocycles. The number of ether oxygens (including phenoxy) is 2. The zero-order chi connectivity index (χ0) is 10.4. The molecule has 0 aliphatic heterocycles. The highest BCUT2D eigenvalue weighted by Crippen LogP contribution is 2.16. The Hall–Kier alpha value is -1.55. The number of nitrogens with two attached hydrogens (primary N) is 1. The Morgan fingerprint density at radius 3 is 2.71 bits per heavy atom. The summed E-state index contributed by atoms with van der Waals surface area (Å²) in [6.45, 7) is 0.883. The number of hydrogen-bond acceptors (Lipinski definition) is 3. The van der Waals surface area contributed by atoms with E-state index in [0.717, 1.165) is 0 Å². The smallest absolute Gasteiger partial charge is 0.252 e. The molecule has 0 bridgehead atoms. The van der Waals surface area contributed by atoms with Gasteiger partial charge in [0.25, 0.3) is 5.91 Å². The Kier molecular flexibility index (Phi) is 3.94. The summed E-state index contributed by atoms with van der Waals surface area (Å²) in [4.78, 5) is 11.0. The van der Waals surface area contributed by atoms with Crippen molar-refractivity contribution in [2.45, 2.75) is 0 Å². The summed E-state index contributed by atoms with van der Waals surface area (Å²) in [6, 6.07) is 6.86. The number of rotatable bonds is 5. The summed E-state index contributed by atoms with van der Waals surface area (Å²) in [6.07, 6.45) is 0. The van der Waals surface area contributed by atoms with Crippen molar-refractivity contribution in [3.63, 3.8) is 0 Å². The van der Waals surface area contributed by atoms with Crippen LogP contribution in [0.5, 0.6) is 5.75 Å². The van der Waals surface area contributed by atoms with Crippen molar-refractivity contribution in [3.05, 3.63) is 29.8 Å². The molecule has 2 N–H and O–H groups in total. The van der Waals surface area contributed by atoms with E-state index >= 15 is 0 Å². The zero-order valence-corrected chi connectivity index (χ0v) is 8.03. The van der Waals surface area contributed by atoms with Gasteiger partial charge in [0.15, 0.2) is 0 Å². The molecule has 0 aliphatic rings. The van der Waals surface area contributed by atoms with Crippen LogP contribution >= 0.6 is 0 Å². The van der Waals surface area contributed by atoms with Gasteiger partial charge in [-0.1, -0.05) is 12.1 Å². The van der Waals surface area contributed by atoms with Gasteiger partial charge in [-0.25, -0.2) is 0 Å². The predicted octanol–water partition coefficient (Wildman–Crippen LogP) is 0.811. The molecule has 1 aromatic rings. The topological polar surface area (TPSA) is 61.6 Å². The van der Waals surface area contributed by atoms with Gasteiger partial charge in [0.05, 0.1) is 12.2 Å². The number of methoxy groups -OCH3 is 1. The average Bonchev–Trinajstić information content (AvgIpc) is 2.19. The lowest BCUT2D eigenvalue weighted by Gasteiger charge is -2.08. The van der Waals surface area contributed by atoms with Crippen LogP contribution in [0.15, 0.2) is 24.3 Å². The summed E-state index contributed by atoms with van der Waals surface area (Å²) in [5.41, 5.74) is 5.56. The van der Waals surface area contributed by atoms with E-state index in [2.05, 4.69) is 0 Å². The van der Waals surface area contributed by atoms with E-state index in [4.69, 9.17) is 15.2 Å². The van der Waals surface area contributed by atoms with Gasteiger partial charge < -0.3 is 15.2 Å². The molecule has 0 saturated heterocycles. The van der Waals surface area contributed by atoms with E-state index in [-0.39, 0.29) is 0 Å². The number of hydrogen-bond donors (Lipinski definition) is 1. The van der Waals surface area contributed by atoms with Crippen LogP contribution in [0.1, 0.15) is 10.4 Å². The standard InChI is InChI=1S/C10H13NO3/c1-13-6-7-14-9-5-3-2-4-8(9)10(11)12/h2-5H,6-7H2,1H3,(H2,11,12). The van der Waals surface area contributed by atoms with Crippen LogP contribution in [0.3, 0.4) is 0 Å². The molecule has 0 aromatic heterocycles. The van der Waals surface area contributed by atoms with Crippen LogP contribution in [0.25, 0.3) is 0 Å². The fourth-order valence-corrected chi connectivity index (χ4v) is 1.03. The molecular formula is C10H13NO3. The lowest BCUT2D eigenvalue weighted by Crippen LogP contribution is -2.14. The zero-order valence-electron chi connectivity index (χ0n) is 8.03. The second kappa shape index (κ2) is 5.24. The fraction of sp³-hybridized carbons (Fsp3) is 0.300. The molecule has 4 heteroatoms. The lowest BCUT2D eigenvalue weighted by molar-refractivity contribution is 0.0992. The number of carbonyl (C=O) groups excluding carboxylic acids is 1. The van der Waals surface area contributed by atoms with Crippen molar-refractivity contribution >= 4 is 5.91 Å². The molecule has 1 aromatic carbocycles. The first-order valence-electron chi connectivity index (χ1n) is 4.26. The van der Waals surface area contributed by atoms with Gasteiger partial charge >= 0.3 is 0 Å². The van der Waals surface area contributed by atoms with Crippen LogP contribution in [0, 0.1) is 0 Å². The molecular weight excluding hydrogens is 182 g/mol. The van der Waals surface area contributed by atoms with Crippen molar-refractivity contribution in [1.82, 2.24) is 0 Å². The lowest BCUT2D eigenvalue weighted by atomic mass is 10.2. The monoisotopic (exact) mass is 195 g/mol. The number of carbonyl (C=O) groups is 1. The van der Waals surface area contributed by atoms with Crippen molar-refractivity contribution in [1.29, 1.82) is 0 Å². The first-order valence-corrected chi connectivity index (χ1v) is 4.26. The normalized spacial score (nSPS) is 9.79. The molecule has 0 spiro atoms. The van der Waals surface area contributed by atoms with Crippen LogP contribution < -0.4 is 10.5 Å². The van der Waals surface area contributed by atoms with E-state index in [9.17, 15) is 4.79 Å². The van der Waals surface area contributed by atoms with Crippen LogP contribution in [0.2, 0.25) is 0 Å². The van der Waals surface area contributed by atoms with Crippen LogP contribution in [0.4, 0.5) is 0 Å². The minimum absolute atomic E-state index is 0.392. The maximum Gasteiger partial charge on any atom is 0.252 e. The Labute approximate surface area is 82.6 Å². The molecule has 76 valence electrons. The molecule has 1 rings (SSSR count). The molecule has 1 amide bonds. The van der Waals surface area contributed by atoms with Gasteiger partial charge in [-0.15, -0.1) is 0 Å². The number of amides is 1. The Morgan fingerprint density at radius 1 is 1.36 bits per heavy atom. The van der Waals surface area contributed by atoms with Gasteiger partial charge in [0, 0.05) is 7.11 Å². The second-order valence-corrected chi connectivity index (χ2v) is 2.70. The number of primary amides is 1. The van der Waals surface area contributed by atoms with E-state index in [0.29, 0.717) is 24.5 Å². The first-order chi connectivity index (χ1) is 6.75. The summed E-state index contributed by atoms with van der Waals surface area (Å²) < 4.78 is 10.1. The quantitative estimate of drug-likeness (QED) is 0.707. The van der Waals surface area contributed by atoms with Crippen molar-refractivity contribution < 1.29 is 14.3 Å². The van der Waals surface area contributed by atoms with Gasteiger partial charge in [-0.05, 0) is 12.1 Å². The van der Waals surface area contributed by atoms with Crippen LogP contribution in [-0.2, 0) is 4.74 Å². The summed E-state index contributed by atoms with van der Waals surface area (Å²) in [5.74, 6) is 0.00932. The minimum atomic E-state index is -0.488. The first kappa shape index (κ1) is 10.5. The summed E-state index contributed by atoms with van der Waals surface area (Å²) >= 11 is 0. The van der Waals surface area contributed by atoms with Crippen molar-refractivity contribution in [2.24, 2.45) is 5.73 Å². The highest BCUT2D eigenvalue weighted by Gasteiger charge is 2.07. The summed E-state index contributed by atoms with van der Waals surface area (Å²) in [7, 11) is 1.59. The SMILES string of the molecule is COCCOc1ccccc1C(N)=O. The molecule has 4 nitrogen and oxygen atoms in total. The maximum atomic E-state index is 11.0. The minimum Gasteiger partial charge on any atom is -0.490 e. The Balaban J connectivity index is 2.69. The molecule has 0 unspecified atom stereocenters. The third-order valence-electron chi connectivity index (χ3n) is 1.70. The molecule has 14 heavy (non-hydrogen) atoms. The molecule has 0 fully saturated rings. The average molecular weight is 195 g/mol. The largest absolute Gasteiger partial charge is 0.490 e. The van der Waals surface area contributed by atoms with Gasteiger partial charge in [-0.2, -0.15) is 0 Å². The third-order valence-corrected chi connectivity index (χ3v) is 1.70. The van der Waals surface area contributed by atoms with E-state index in [1.54, 1.807) is 31.4 Å². The summed E-state index contributed by atoms with van der Waals surface area (Å²) in [5, 5.41) is 0. The maximum absolute atomic E-state index is 11.0. The highest BCUT2D eigenvalue weighted by molar-refractivity contribution is 5.95. The van der Waals surface area contributed by atoms with Crippen molar-refractivity contribution in [3.8, 4) is 5.75 Å². The van der Waals surface area contributed by atoms with Gasteiger partial charge in [0.2, 0.25) is 0 Å². The Bertz CT molecular complexity index is 312. The predicted molar refractivity (Wildman–Crippen MR) is 52.3 cm³/mol.